The van der Waals surface area contributed by atoms with Crippen LogP contribution in [0, 0.1) is 6.92 Å². The number of fused-ring (bicyclic) bond motifs is 1. The third kappa shape index (κ3) is 5.12. The quantitative estimate of drug-likeness (QED) is 0.303. The summed E-state index contributed by atoms with van der Waals surface area (Å²) in [5.41, 5.74) is 2.20. The van der Waals surface area contributed by atoms with Crippen LogP contribution < -0.4 is 19.5 Å². The van der Waals surface area contributed by atoms with Gasteiger partial charge in [-0.1, -0.05) is 31.2 Å². The number of aryl methyl sites for hydroxylation is 1. The fraction of sp³-hybridized carbons (Fsp3) is 0.345. The number of amides is 1. The first-order chi connectivity index (χ1) is 18.6. The molecule has 4 N–H and O–H groups in total. The molecule has 1 heterocycles. The zero-order chi connectivity index (χ0) is 27.8. The second-order valence-electron chi connectivity index (χ2n) is 10.2. The van der Waals surface area contributed by atoms with Gasteiger partial charge in [0.25, 0.3) is 0 Å². The predicted octanol–water partition coefficient (Wildman–Crippen LogP) is 3.47. The molecule has 0 spiro atoms. The summed E-state index contributed by atoms with van der Waals surface area (Å²) in [6, 6.07) is 17.6. The lowest BCUT2D eigenvalue weighted by molar-refractivity contribution is -0.118. The SMILES string of the molecule is CCC(CO)(CO)NS(=O)(=O)c1ccc(-c2cc(NC(=O)C3(c4ccc5c(c4)OCO5)CC3)ccc2C)cc1. The van der Waals surface area contributed by atoms with E-state index in [4.69, 9.17) is 9.47 Å². The highest BCUT2D eigenvalue weighted by atomic mass is 32.2. The molecule has 2 aliphatic rings. The van der Waals surface area contributed by atoms with E-state index in [-0.39, 0.29) is 24.0 Å². The van der Waals surface area contributed by atoms with Crippen molar-refractivity contribution in [2.75, 3.05) is 25.3 Å². The second kappa shape index (κ2) is 10.3. The number of carbonyl (C=O) groups is 1. The fourth-order valence-corrected chi connectivity index (χ4v) is 6.25. The summed E-state index contributed by atoms with van der Waals surface area (Å²) in [5, 5.41) is 22.3. The van der Waals surface area contributed by atoms with Crippen molar-refractivity contribution in [1.82, 2.24) is 4.72 Å². The summed E-state index contributed by atoms with van der Waals surface area (Å²) in [7, 11) is -3.97. The highest BCUT2D eigenvalue weighted by Gasteiger charge is 2.51. The first-order valence-electron chi connectivity index (χ1n) is 12.8. The number of hydrogen-bond donors (Lipinski definition) is 4. The lowest BCUT2D eigenvalue weighted by Crippen LogP contribution is -2.53. The number of nitrogens with one attached hydrogen (secondary N) is 2. The molecule has 0 radical (unpaired) electrons. The number of aliphatic hydroxyl groups is 2. The van der Waals surface area contributed by atoms with Crippen LogP contribution in [-0.4, -0.2) is 50.1 Å². The minimum atomic E-state index is -3.97. The number of ether oxygens (including phenoxy) is 2. The molecule has 1 amide bonds. The standard InChI is InChI=1S/C29H32N2O7S/c1-3-28(16-32,17-33)31-39(35,36)23-9-5-20(6-10-23)24-15-22(8-4-19(24)2)30-27(34)29(12-13-29)21-7-11-25-26(14-21)38-18-37-25/h4-11,14-15,31-33H,3,12-13,16-18H2,1-2H3,(H,30,34). The Morgan fingerprint density at radius 3 is 2.31 bits per heavy atom. The Morgan fingerprint density at radius 2 is 1.67 bits per heavy atom. The summed E-state index contributed by atoms with van der Waals surface area (Å²) in [4.78, 5) is 13.4. The summed E-state index contributed by atoms with van der Waals surface area (Å²) in [6.07, 6.45) is 1.71. The Kier molecular flexibility index (Phi) is 7.15. The molecule has 5 rings (SSSR count). The van der Waals surface area contributed by atoms with Crippen LogP contribution in [0.1, 0.15) is 37.3 Å². The smallest absolute Gasteiger partial charge is 0.241 e. The van der Waals surface area contributed by atoms with Gasteiger partial charge < -0.3 is 25.0 Å². The van der Waals surface area contributed by atoms with Gasteiger partial charge in [0.15, 0.2) is 11.5 Å². The van der Waals surface area contributed by atoms with E-state index in [0.29, 0.717) is 17.2 Å². The van der Waals surface area contributed by atoms with Crippen LogP contribution in [0.25, 0.3) is 11.1 Å². The molecule has 0 aromatic heterocycles. The highest BCUT2D eigenvalue weighted by Crippen LogP contribution is 2.51. The maximum atomic E-state index is 13.4. The molecular formula is C29H32N2O7S. The normalized spacial score (nSPS) is 15.7. The van der Waals surface area contributed by atoms with E-state index in [1.165, 1.54) is 12.1 Å². The zero-order valence-electron chi connectivity index (χ0n) is 21.9. The molecule has 9 nitrogen and oxygen atoms in total. The van der Waals surface area contributed by atoms with Gasteiger partial charge in [-0.2, -0.15) is 0 Å². The molecule has 10 heteroatoms. The van der Waals surface area contributed by atoms with Crippen molar-refractivity contribution in [2.45, 2.75) is 49.0 Å². The van der Waals surface area contributed by atoms with Gasteiger partial charge in [0.1, 0.15) is 0 Å². The first-order valence-corrected chi connectivity index (χ1v) is 14.3. The van der Waals surface area contributed by atoms with Crippen LogP contribution in [0.15, 0.2) is 65.6 Å². The van der Waals surface area contributed by atoms with Gasteiger partial charge in [-0.15, -0.1) is 0 Å². The van der Waals surface area contributed by atoms with Gasteiger partial charge in [-0.05, 0) is 84.8 Å². The number of hydrogen-bond acceptors (Lipinski definition) is 7. The van der Waals surface area contributed by atoms with Crippen molar-refractivity contribution in [1.29, 1.82) is 0 Å². The minimum absolute atomic E-state index is 0.0208. The molecule has 0 atom stereocenters. The molecule has 0 unspecified atom stereocenters. The van der Waals surface area contributed by atoms with Gasteiger partial charge in [0, 0.05) is 5.69 Å². The Bertz CT molecular complexity index is 1490. The van der Waals surface area contributed by atoms with Crippen LogP contribution in [0.2, 0.25) is 0 Å². The maximum Gasteiger partial charge on any atom is 0.241 e. The van der Waals surface area contributed by atoms with Crippen molar-refractivity contribution < 1.29 is 32.9 Å². The second-order valence-corrected chi connectivity index (χ2v) is 11.9. The Hall–Kier alpha value is -3.44. The summed E-state index contributed by atoms with van der Waals surface area (Å²) in [5.74, 6) is 1.24. The lowest BCUT2D eigenvalue weighted by Gasteiger charge is -2.29. The third-order valence-electron chi connectivity index (χ3n) is 7.71. The zero-order valence-corrected chi connectivity index (χ0v) is 22.7. The van der Waals surface area contributed by atoms with Gasteiger partial charge in [-0.25, -0.2) is 13.1 Å². The topological polar surface area (TPSA) is 134 Å². The number of benzene rings is 3. The Morgan fingerprint density at radius 1 is 0.974 bits per heavy atom. The van der Waals surface area contributed by atoms with Gasteiger partial charge >= 0.3 is 0 Å². The molecular weight excluding hydrogens is 520 g/mol. The molecule has 206 valence electrons. The van der Waals surface area contributed by atoms with E-state index in [9.17, 15) is 23.4 Å². The average Bonchev–Trinajstić information content (AvgIpc) is 3.63. The monoisotopic (exact) mass is 552 g/mol. The average molecular weight is 553 g/mol. The molecule has 1 fully saturated rings. The Balaban J connectivity index is 1.35. The van der Waals surface area contributed by atoms with Crippen molar-refractivity contribution in [3.8, 4) is 22.6 Å². The predicted molar refractivity (Wildman–Crippen MR) is 146 cm³/mol. The van der Waals surface area contributed by atoms with Crippen LogP contribution >= 0.6 is 0 Å². The fourth-order valence-electron chi connectivity index (χ4n) is 4.80. The third-order valence-corrected chi connectivity index (χ3v) is 9.31. The van der Waals surface area contributed by atoms with Crippen LogP contribution in [0.5, 0.6) is 11.5 Å². The van der Waals surface area contributed by atoms with Crippen molar-refractivity contribution >= 4 is 21.6 Å². The number of aliphatic hydroxyl groups excluding tert-OH is 2. The van der Waals surface area contributed by atoms with Gasteiger partial charge in [0.2, 0.25) is 22.7 Å². The lowest BCUT2D eigenvalue weighted by atomic mass is 9.94. The number of carbonyl (C=O) groups excluding carboxylic acids is 1. The highest BCUT2D eigenvalue weighted by molar-refractivity contribution is 7.89. The molecule has 1 aliphatic carbocycles. The van der Waals surface area contributed by atoms with E-state index in [0.717, 1.165) is 35.1 Å². The largest absolute Gasteiger partial charge is 0.454 e. The molecule has 3 aromatic rings. The molecule has 0 bridgehead atoms. The van der Waals surface area contributed by atoms with Crippen LogP contribution in [0.3, 0.4) is 0 Å². The summed E-state index contributed by atoms with van der Waals surface area (Å²) in [6.45, 7) is 2.77. The van der Waals surface area contributed by atoms with E-state index < -0.39 is 34.2 Å². The van der Waals surface area contributed by atoms with E-state index in [1.54, 1.807) is 19.1 Å². The minimum Gasteiger partial charge on any atom is -0.454 e. The summed E-state index contributed by atoms with van der Waals surface area (Å²) < 4.78 is 39.1. The molecule has 39 heavy (non-hydrogen) atoms. The van der Waals surface area contributed by atoms with Gasteiger partial charge in [-0.3, -0.25) is 4.79 Å². The maximum absolute atomic E-state index is 13.4. The first kappa shape index (κ1) is 27.1. The summed E-state index contributed by atoms with van der Waals surface area (Å²) >= 11 is 0. The number of anilines is 1. The Labute approximate surface area is 227 Å². The van der Waals surface area contributed by atoms with Crippen LogP contribution in [0.4, 0.5) is 5.69 Å². The molecule has 0 saturated heterocycles. The van der Waals surface area contributed by atoms with E-state index >= 15 is 0 Å². The molecule has 3 aromatic carbocycles. The van der Waals surface area contributed by atoms with Crippen molar-refractivity contribution in [3.63, 3.8) is 0 Å². The van der Waals surface area contributed by atoms with Gasteiger partial charge in [0.05, 0.1) is 29.1 Å². The van der Waals surface area contributed by atoms with Crippen LogP contribution in [-0.2, 0) is 20.2 Å². The number of sulfonamides is 1. The number of rotatable bonds is 10. The molecule has 1 aliphatic heterocycles. The van der Waals surface area contributed by atoms with Crippen molar-refractivity contribution in [3.05, 3.63) is 71.8 Å². The molecule has 1 saturated carbocycles. The van der Waals surface area contributed by atoms with E-state index in [2.05, 4.69) is 10.0 Å². The van der Waals surface area contributed by atoms with Crippen molar-refractivity contribution in [2.24, 2.45) is 0 Å². The van der Waals surface area contributed by atoms with E-state index in [1.807, 2.05) is 43.3 Å².